The van der Waals surface area contributed by atoms with Gasteiger partial charge in [-0.05, 0) is 26.3 Å². The van der Waals surface area contributed by atoms with Gasteiger partial charge >= 0.3 is 0 Å². The highest BCUT2D eigenvalue weighted by Crippen LogP contribution is 2.20. The molecule has 1 atom stereocenters. The van der Waals surface area contributed by atoms with E-state index < -0.39 is 0 Å². The van der Waals surface area contributed by atoms with E-state index in [1.54, 1.807) is 0 Å². The van der Waals surface area contributed by atoms with Crippen molar-refractivity contribution in [2.75, 3.05) is 44.2 Å². The molecule has 0 bridgehead atoms. The number of amides is 1. The number of carbonyl (C=O) groups excluding carboxylic acids is 1. The summed E-state index contributed by atoms with van der Waals surface area (Å²) in [5.74, 6) is 2.71. The van der Waals surface area contributed by atoms with Crippen LogP contribution in [0.1, 0.15) is 44.1 Å². The number of aryl methyl sites for hydroxylation is 1. The van der Waals surface area contributed by atoms with Crippen LogP contribution < -0.4 is 10.2 Å². The van der Waals surface area contributed by atoms with Crippen molar-refractivity contribution < 1.29 is 4.79 Å². The van der Waals surface area contributed by atoms with Crippen molar-refractivity contribution in [2.45, 2.75) is 39.5 Å². The molecular formula is C18H31Cl2N5O. The van der Waals surface area contributed by atoms with E-state index in [-0.39, 0.29) is 30.7 Å². The van der Waals surface area contributed by atoms with Crippen molar-refractivity contribution in [1.29, 1.82) is 0 Å². The summed E-state index contributed by atoms with van der Waals surface area (Å²) in [5.41, 5.74) is 1.01. The maximum Gasteiger partial charge on any atom is 0.227 e. The minimum absolute atomic E-state index is 0. The van der Waals surface area contributed by atoms with Crippen molar-refractivity contribution in [2.24, 2.45) is 5.92 Å². The molecular weight excluding hydrogens is 373 g/mol. The summed E-state index contributed by atoms with van der Waals surface area (Å²) in [6.07, 6.45) is 2.13. The lowest BCUT2D eigenvalue weighted by Gasteiger charge is -2.37. The minimum Gasteiger partial charge on any atom is -0.353 e. The Kier molecular flexibility index (Phi) is 9.07. The summed E-state index contributed by atoms with van der Waals surface area (Å²) in [6, 6.07) is 2.05. The molecule has 0 spiro atoms. The zero-order chi connectivity index (χ0) is 17.1. The van der Waals surface area contributed by atoms with E-state index in [0.717, 1.165) is 69.4 Å². The molecule has 1 amide bonds. The molecule has 2 aliphatic rings. The highest BCUT2D eigenvalue weighted by molar-refractivity contribution is 5.85. The number of hydrogen-bond donors (Lipinski definition) is 1. The number of nitrogens with zero attached hydrogens (tertiary/aromatic N) is 4. The average molecular weight is 404 g/mol. The van der Waals surface area contributed by atoms with Crippen LogP contribution in [0.25, 0.3) is 0 Å². The van der Waals surface area contributed by atoms with Crippen molar-refractivity contribution in [1.82, 2.24) is 20.2 Å². The van der Waals surface area contributed by atoms with Crippen molar-refractivity contribution >= 4 is 36.5 Å². The number of nitrogens with one attached hydrogen (secondary N) is 1. The van der Waals surface area contributed by atoms with E-state index in [1.165, 1.54) is 0 Å². The van der Waals surface area contributed by atoms with Gasteiger partial charge in [-0.25, -0.2) is 9.97 Å². The summed E-state index contributed by atoms with van der Waals surface area (Å²) >= 11 is 0. The molecule has 1 aromatic heterocycles. The molecule has 26 heavy (non-hydrogen) atoms. The summed E-state index contributed by atoms with van der Waals surface area (Å²) in [5, 5.41) is 3.34. The van der Waals surface area contributed by atoms with Crippen molar-refractivity contribution in [3.8, 4) is 0 Å². The van der Waals surface area contributed by atoms with Crippen LogP contribution in [0.5, 0.6) is 0 Å². The smallest absolute Gasteiger partial charge is 0.227 e. The first kappa shape index (κ1) is 22.9. The van der Waals surface area contributed by atoms with E-state index in [4.69, 9.17) is 4.98 Å². The van der Waals surface area contributed by atoms with E-state index in [0.29, 0.717) is 11.8 Å². The second kappa shape index (κ2) is 10.3. The fourth-order valence-corrected chi connectivity index (χ4v) is 3.47. The zero-order valence-corrected chi connectivity index (χ0v) is 17.5. The molecule has 2 fully saturated rings. The lowest BCUT2D eigenvalue weighted by molar-refractivity contribution is -0.136. The van der Waals surface area contributed by atoms with Gasteiger partial charge < -0.3 is 15.1 Å². The van der Waals surface area contributed by atoms with Crippen LogP contribution in [0.4, 0.5) is 5.82 Å². The quantitative estimate of drug-likeness (QED) is 0.839. The van der Waals surface area contributed by atoms with Gasteiger partial charge in [-0.2, -0.15) is 0 Å². The van der Waals surface area contributed by atoms with Crippen LogP contribution in [0.15, 0.2) is 6.07 Å². The van der Waals surface area contributed by atoms with E-state index in [9.17, 15) is 4.79 Å². The number of piperazine rings is 1. The fraction of sp³-hybridized carbons (Fsp3) is 0.722. The largest absolute Gasteiger partial charge is 0.353 e. The fourth-order valence-electron chi connectivity index (χ4n) is 3.47. The number of aromatic nitrogens is 2. The van der Waals surface area contributed by atoms with Gasteiger partial charge in [-0.15, -0.1) is 24.8 Å². The predicted molar refractivity (Wildman–Crippen MR) is 110 cm³/mol. The van der Waals surface area contributed by atoms with E-state index in [1.807, 2.05) is 11.8 Å². The molecule has 2 saturated heterocycles. The Balaban J connectivity index is 0.00000169. The summed E-state index contributed by atoms with van der Waals surface area (Å²) in [6.45, 7) is 11.4. The van der Waals surface area contributed by atoms with Crippen LogP contribution in [-0.4, -0.2) is 60.0 Å². The van der Waals surface area contributed by atoms with Gasteiger partial charge in [0.15, 0.2) is 0 Å². The first-order chi connectivity index (χ1) is 11.5. The van der Waals surface area contributed by atoms with E-state index >= 15 is 0 Å². The van der Waals surface area contributed by atoms with Crippen LogP contribution >= 0.6 is 24.8 Å². The van der Waals surface area contributed by atoms with Crippen LogP contribution in [-0.2, 0) is 4.79 Å². The maximum absolute atomic E-state index is 12.6. The Morgan fingerprint density at radius 2 is 1.88 bits per heavy atom. The normalized spacial score (nSPS) is 20.4. The monoisotopic (exact) mass is 403 g/mol. The molecule has 8 heteroatoms. The zero-order valence-electron chi connectivity index (χ0n) is 15.9. The van der Waals surface area contributed by atoms with Gasteiger partial charge in [-0.1, -0.05) is 13.8 Å². The predicted octanol–water partition coefficient (Wildman–Crippen LogP) is 2.40. The highest BCUT2D eigenvalue weighted by Gasteiger charge is 2.28. The standard InChI is InChI=1S/C18H29N5O.2ClH/c1-13(2)17-20-14(3)11-16(21-17)22-7-9-23(10-8-22)18(24)15-5-4-6-19-12-15;;/h11,13,15,19H,4-10,12H2,1-3H3;2*1H. The molecule has 0 saturated carbocycles. The molecule has 0 aromatic carbocycles. The second-order valence-corrected chi connectivity index (χ2v) is 7.24. The van der Waals surface area contributed by atoms with E-state index in [2.05, 4.69) is 35.1 Å². The van der Waals surface area contributed by atoms with Crippen LogP contribution in [0.2, 0.25) is 0 Å². The van der Waals surface area contributed by atoms with Crippen molar-refractivity contribution in [3.63, 3.8) is 0 Å². The van der Waals surface area contributed by atoms with Gasteiger partial charge in [0.2, 0.25) is 5.91 Å². The molecule has 3 heterocycles. The summed E-state index contributed by atoms with van der Waals surface area (Å²) < 4.78 is 0. The number of halogens is 2. The number of anilines is 1. The molecule has 1 aromatic rings. The average Bonchev–Trinajstić information content (AvgIpc) is 2.61. The van der Waals surface area contributed by atoms with Gasteiger partial charge in [0.1, 0.15) is 11.6 Å². The molecule has 1 unspecified atom stereocenters. The van der Waals surface area contributed by atoms with Crippen LogP contribution in [0, 0.1) is 12.8 Å². The van der Waals surface area contributed by atoms with Gasteiger partial charge in [-0.3, -0.25) is 4.79 Å². The van der Waals surface area contributed by atoms with Crippen LogP contribution in [0.3, 0.4) is 0 Å². The first-order valence-corrected chi connectivity index (χ1v) is 9.14. The Morgan fingerprint density at radius 3 is 2.46 bits per heavy atom. The molecule has 0 radical (unpaired) electrons. The number of piperidine rings is 1. The SMILES string of the molecule is Cc1cc(N2CCN(C(=O)C3CCCNC3)CC2)nc(C(C)C)n1.Cl.Cl. The molecule has 3 rings (SSSR count). The third-order valence-corrected chi connectivity index (χ3v) is 4.94. The Labute approximate surface area is 169 Å². The third kappa shape index (κ3) is 5.44. The summed E-state index contributed by atoms with van der Waals surface area (Å²) in [4.78, 5) is 26.2. The summed E-state index contributed by atoms with van der Waals surface area (Å²) in [7, 11) is 0. The number of hydrogen-bond acceptors (Lipinski definition) is 5. The minimum atomic E-state index is 0. The van der Waals surface area contributed by atoms with Gasteiger partial charge in [0, 0.05) is 50.4 Å². The lowest BCUT2D eigenvalue weighted by Crippen LogP contribution is -2.52. The first-order valence-electron chi connectivity index (χ1n) is 9.14. The Morgan fingerprint density at radius 1 is 1.19 bits per heavy atom. The topological polar surface area (TPSA) is 61.4 Å². The molecule has 148 valence electrons. The molecule has 2 aliphatic heterocycles. The number of rotatable bonds is 3. The Bertz CT molecular complexity index is 585. The molecule has 0 aliphatic carbocycles. The third-order valence-electron chi connectivity index (χ3n) is 4.94. The second-order valence-electron chi connectivity index (χ2n) is 7.24. The van der Waals surface area contributed by atoms with Crippen molar-refractivity contribution in [3.05, 3.63) is 17.6 Å². The van der Waals surface area contributed by atoms with Gasteiger partial charge in [0.25, 0.3) is 0 Å². The molecule has 6 nitrogen and oxygen atoms in total. The van der Waals surface area contributed by atoms with Gasteiger partial charge in [0.05, 0.1) is 5.92 Å². The molecule has 1 N–H and O–H groups in total. The maximum atomic E-state index is 12.6. The highest BCUT2D eigenvalue weighted by atomic mass is 35.5. The number of carbonyl (C=O) groups is 1. The lowest BCUT2D eigenvalue weighted by atomic mass is 9.98. The Hall–Kier alpha value is -1.11.